The summed E-state index contributed by atoms with van der Waals surface area (Å²) in [5, 5.41) is 4.03. The number of fused-ring (bicyclic) bond motifs is 1. The van der Waals surface area contributed by atoms with Gasteiger partial charge in [0, 0.05) is 22.8 Å². The van der Waals surface area contributed by atoms with Gasteiger partial charge in [-0.15, -0.1) is 0 Å². The van der Waals surface area contributed by atoms with Gasteiger partial charge in [-0.2, -0.15) is 9.97 Å². The summed E-state index contributed by atoms with van der Waals surface area (Å²) in [7, 11) is 0. The van der Waals surface area contributed by atoms with Crippen LogP contribution in [0.4, 0.5) is 11.6 Å². The van der Waals surface area contributed by atoms with Gasteiger partial charge in [-0.05, 0) is 39.0 Å². The summed E-state index contributed by atoms with van der Waals surface area (Å²) in [6.07, 6.45) is 0. The van der Waals surface area contributed by atoms with Crippen LogP contribution in [0.25, 0.3) is 10.9 Å². The highest BCUT2D eigenvalue weighted by Crippen LogP contribution is 2.23. The summed E-state index contributed by atoms with van der Waals surface area (Å²) in [6.45, 7) is 6.09. The Morgan fingerprint density at radius 3 is 2.74 bits per heavy atom. The minimum absolute atomic E-state index is 0.197. The molecule has 0 bridgehead atoms. The van der Waals surface area contributed by atoms with Crippen molar-refractivity contribution in [3.05, 3.63) is 46.0 Å². The molecule has 0 aliphatic rings. The van der Waals surface area contributed by atoms with Crippen molar-refractivity contribution < 1.29 is 4.74 Å². The van der Waals surface area contributed by atoms with E-state index in [1.807, 2.05) is 32.0 Å². The van der Waals surface area contributed by atoms with Gasteiger partial charge in [-0.1, -0.05) is 0 Å². The molecule has 0 atom stereocenters. The normalized spacial score (nSPS) is 10.7. The Bertz CT molecular complexity index is 920. The molecule has 0 spiro atoms. The van der Waals surface area contributed by atoms with Gasteiger partial charge >= 0.3 is 6.01 Å². The van der Waals surface area contributed by atoms with Crippen molar-refractivity contribution in [1.82, 2.24) is 19.9 Å². The van der Waals surface area contributed by atoms with E-state index in [0.717, 1.165) is 22.3 Å². The van der Waals surface area contributed by atoms with Crippen molar-refractivity contribution in [2.45, 2.75) is 20.8 Å². The Balaban J connectivity index is 2.00. The van der Waals surface area contributed by atoms with E-state index in [1.165, 1.54) is 6.07 Å². The Hall–Kier alpha value is -2.96. The zero-order valence-electron chi connectivity index (χ0n) is 13.2. The maximum atomic E-state index is 11.5. The third kappa shape index (κ3) is 3.28. The lowest BCUT2D eigenvalue weighted by Gasteiger charge is -2.09. The molecule has 118 valence electrons. The molecule has 23 heavy (non-hydrogen) atoms. The van der Waals surface area contributed by atoms with E-state index in [-0.39, 0.29) is 5.56 Å². The zero-order chi connectivity index (χ0) is 16.4. The molecule has 0 saturated carbocycles. The predicted octanol–water partition coefficient (Wildman–Crippen LogP) is 2.47. The fourth-order valence-corrected chi connectivity index (χ4v) is 2.31. The van der Waals surface area contributed by atoms with Crippen molar-refractivity contribution >= 4 is 22.5 Å². The SMILES string of the molecule is CCOc1nc(C)c2ccc(Nc3nc(C)cc(=O)[nH]3)cc2n1. The fourth-order valence-electron chi connectivity index (χ4n) is 2.31. The second-order valence-corrected chi connectivity index (χ2v) is 5.12. The van der Waals surface area contributed by atoms with E-state index in [9.17, 15) is 4.79 Å². The summed E-state index contributed by atoms with van der Waals surface area (Å²) in [5.41, 5.74) is 2.84. The van der Waals surface area contributed by atoms with Crippen LogP contribution in [-0.4, -0.2) is 26.5 Å². The lowest BCUT2D eigenvalue weighted by molar-refractivity contribution is 0.313. The first kappa shape index (κ1) is 15.0. The Morgan fingerprint density at radius 2 is 2.00 bits per heavy atom. The van der Waals surface area contributed by atoms with E-state index in [0.29, 0.717) is 24.3 Å². The van der Waals surface area contributed by atoms with Crippen molar-refractivity contribution in [2.75, 3.05) is 11.9 Å². The first-order chi connectivity index (χ1) is 11.0. The molecule has 0 fully saturated rings. The zero-order valence-corrected chi connectivity index (χ0v) is 13.2. The molecular weight excluding hydrogens is 294 g/mol. The standard InChI is InChI=1S/C16H17N5O2/c1-4-23-16-18-10(3)12-6-5-11(8-13(12)20-16)19-15-17-9(2)7-14(22)21-15/h5-8H,4H2,1-3H3,(H2,17,19,21,22). The van der Waals surface area contributed by atoms with Crippen LogP contribution in [0.5, 0.6) is 6.01 Å². The van der Waals surface area contributed by atoms with Crippen molar-refractivity contribution in [3.8, 4) is 6.01 Å². The average Bonchev–Trinajstić information content (AvgIpc) is 2.46. The highest BCUT2D eigenvalue weighted by atomic mass is 16.5. The van der Waals surface area contributed by atoms with Crippen LogP contribution >= 0.6 is 0 Å². The lowest BCUT2D eigenvalue weighted by Crippen LogP contribution is -2.10. The Morgan fingerprint density at radius 1 is 1.17 bits per heavy atom. The van der Waals surface area contributed by atoms with Gasteiger partial charge in [-0.25, -0.2) is 4.98 Å². The second kappa shape index (κ2) is 6.04. The summed E-state index contributed by atoms with van der Waals surface area (Å²) < 4.78 is 5.38. The number of anilines is 2. The van der Waals surface area contributed by atoms with Crippen LogP contribution in [-0.2, 0) is 0 Å². The van der Waals surface area contributed by atoms with Gasteiger partial charge < -0.3 is 10.1 Å². The molecule has 2 N–H and O–H groups in total. The first-order valence-corrected chi connectivity index (χ1v) is 7.31. The number of hydrogen-bond acceptors (Lipinski definition) is 6. The molecular formula is C16H17N5O2. The third-order valence-electron chi connectivity index (χ3n) is 3.27. The number of rotatable bonds is 4. The molecule has 0 unspecified atom stereocenters. The molecule has 0 radical (unpaired) electrons. The maximum absolute atomic E-state index is 11.5. The van der Waals surface area contributed by atoms with Gasteiger partial charge in [0.1, 0.15) is 0 Å². The number of hydrogen-bond donors (Lipinski definition) is 2. The van der Waals surface area contributed by atoms with Gasteiger partial charge in [0.2, 0.25) is 5.95 Å². The summed E-state index contributed by atoms with van der Waals surface area (Å²) in [6, 6.07) is 7.49. The molecule has 3 aromatic rings. The van der Waals surface area contributed by atoms with Crippen molar-refractivity contribution in [1.29, 1.82) is 0 Å². The molecule has 7 heteroatoms. The topological polar surface area (TPSA) is 92.8 Å². The second-order valence-electron chi connectivity index (χ2n) is 5.12. The number of aromatic nitrogens is 4. The minimum atomic E-state index is -0.197. The van der Waals surface area contributed by atoms with Crippen LogP contribution < -0.4 is 15.6 Å². The molecule has 1 aromatic carbocycles. The van der Waals surface area contributed by atoms with Crippen molar-refractivity contribution in [2.24, 2.45) is 0 Å². The summed E-state index contributed by atoms with van der Waals surface area (Å²) >= 11 is 0. The third-order valence-corrected chi connectivity index (χ3v) is 3.27. The number of H-pyrrole nitrogens is 1. The number of aromatic amines is 1. The largest absolute Gasteiger partial charge is 0.464 e. The number of benzene rings is 1. The highest BCUT2D eigenvalue weighted by molar-refractivity contribution is 5.84. The number of ether oxygens (including phenoxy) is 1. The number of nitrogens with one attached hydrogen (secondary N) is 2. The molecule has 0 aliphatic carbocycles. The van der Waals surface area contributed by atoms with Crippen LogP contribution in [0, 0.1) is 13.8 Å². The van der Waals surface area contributed by atoms with Gasteiger partial charge in [0.25, 0.3) is 5.56 Å². The van der Waals surface area contributed by atoms with Crippen LogP contribution in [0.15, 0.2) is 29.1 Å². The van der Waals surface area contributed by atoms with E-state index < -0.39 is 0 Å². The van der Waals surface area contributed by atoms with Gasteiger partial charge in [0.15, 0.2) is 0 Å². The van der Waals surface area contributed by atoms with E-state index in [2.05, 4.69) is 25.3 Å². The highest BCUT2D eigenvalue weighted by Gasteiger charge is 2.07. The first-order valence-electron chi connectivity index (χ1n) is 7.31. The van der Waals surface area contributed by atoms with E-state index >= 15 is 0 Å². The molecule has 0 saturated heterocycles. The molecule has 3 rings (SSSR count). The Kier molecular flexibility index (Phi) is 3.92. The number of aryl methyl sites for hydroxylation is 2. The summed E-state index contributed by atoms with van der Waals surface area (Å²) in [5.74, 6) is 0.394. The van der Waals surface area contributed by atoms with E-state index in [4.69, 9.17) is 4.74 Å². The number of nitrogens with zero attached hydrogens (tertiary/aromatic N) is 3. The molecule has 2 aromatic heterocycles. The quantitative estimate of drug-likeness (QED) is 0.769. The van der Waals surface area contributed by atoms with Gasteiger partial charge in [0.05, 0.1) is 17.8 Å². The van der Waals surface area contributed by atoms with Crippen molar-refractivity contribution in [3.63, 3.8) is 0 Å². The maximum Gasteiger partial charge on any atom is 0.317 e. The fraction of sp³-hybridized carbons (Fsp3) is 0.250. The smallest absolute Gasteiger partial charge is 0.317 e. The minimum Gasteiger partial charge on any atom is -0.464 e. The molecule has 0 aliphatic heterocycles. The monoisotopic (exact) mass is 311 g/mol. The van der Waals surface area contributed by atoms with Crippen LogP contribution in [0.2, 0.25) is 0 Å². The molecule has 2 heterocycles. The van der Waals surface area contributed by atoms with E-state index in [1.54, 1.807) is 6.92 Å². The molecule has 7 nitrogen and oxygen atoms in total. The van der Waals surface area contributed by atoms with Gasteiger partial charge in [-0.3, -0.25) is 9.78 Å². The average molecular weight is 311 g/mol. The predicted molar refractivity (Wildman–Crippen MR) is 88.3 cm³/mol. The molecule has 0 amide bonds. The summed E-state index contributed by atoms with van der Waals surface area (Å²) in [4.78, 5) is 27.1. The van der Waals surface area contributed by atoms with Crippen LogP contribution in [0.3, 0.4) is 0 Å². The van der Waals surface area contributed by atoms with Crippen LogP contribution in [0.1, 0.15) is 18.3 Å². The lowest BCUT2D eigenvalue weighted by atomic mass is 10.2. The Labute approximate surface area is 132 Å².